The lowest BCUT2D eigenvalue weighted by molar-refractivity contribution is 0.138. The number of phenolic OH excluding ortho intramolecular Hbond substituents is 1. The first-order valence-electron chi connectivity index (χ1n) is 5.20. The zero-order valence-electron chi connectivity index (χ0n) is 8.36. The van der Waals surface area contributed by atoms with E-state index in [-0.39, 0.29) is 11.4 Å². The van der Waals surface area contributed by atoms with Crippen molar-refractivity contribution < 1.29 is 9.84 Å². The number of hydrogen-bond donors (Lipinski definition) is 2. The molecule has 2 heterocycles. The van der Waals surface area contributed by atoms with Crippen LogP contribution < -0.4 is 10.1 Å². The first kappa shape index (κ1) is 8.80. The Kier molecular flexibility index (Phi) is 1.76. The highest BCUT2D eigenvalue weighted by Crippen LogP contribution is 2.38. The summed E-state index contributed by atoms with van der Waals surface area (Å²) in [4.78, 5) is 0. The first-order chi connectivity index (χ1) is 7.29. The van der Waals surface area contributed by atoms with Crippen LogP contribution in [0.3, 0.4) is 0 Å². The number of benzene rings is 1. The topological polar surface area (TPSA) is 41.5 Å². The van der Waals surface area contributed by atoms with Crippen LogP contribution in [0.5, 0.6) is 11.5 Å². The van der Waals surface area contributed by atoms with Crippen molar-refractivity contribution in [1.82, 2.24) is 5.32 Å². The third-order valence-electron chi connectivity index (χ3n) is 3.06. The minimum Gasteiger partial charge on any atom is -0.507 e. The molecule has 0 bridgehead atoms. The molecule has 3 heteroatoms. The number of rotatable bonds is 0. The molecule has 2 aliphatic rings. The van der Waals surface area contributed by atoms with Crippen LogP contribution in [0.2, 0.25) is 0 Å². The van der Waals surface area contributed by atoms with Gasteiger partial charge in [0.25, 0.3) is 0 Å². The van der Waals surface area contributed by atoms with E-state index < -0.39 is 0 Å². The van der Waals surface area contributed by atoms with Crippen molar-refractivity contribution in [3.8, 4) is 11.5 Å². The van der Waals surface area contributed by atoms with E-state index in [0.717, 1.165) is 30.8 Å². The molecule has 1 fully saturated rings. The average Bonchev–Trinajstić information content (AvgIpc) is 2.66. The van der Waals surface area contributed by atoms with E-state index in [1.807, 2.05) is 18.2 Å². The summed E-state index contributed by atoms with van der Waals surface area (Å²) in [5.41, 5.74) is 0.593. The minimum absolute atomic E-state index is 0.194. The average molecular weight is 203 g/mol. The molecule has 0 aromatic heterocycles. The highest BCUT2D eigenvalue weighted by Gasteiger charge is 2.36. The molecule has 2 aliphatic heterocycles. The molecule has 1 spiro atoms. The Labute approximate surface area is 88.4 Å². The van der Waals surface area contributed by atoms with E-state index in [4.69, 9.17) is 4.74 Å². The molecule has 0 saturated carbocycles. The van der Waals surface area contributed by atoms with Crippen LogP contribution in [0.4, 0.5) is 0 Å². The monoisotopic (exact) mass is 203 g/mol. The zero-order chi connectivity index (χ0) is 10.3. The second-order valence-corrected chi connectivity index (χ2v) is 4.12. The molecule has 1 aromatic rings. The van der Waals surface area contributed by atoms with E-state index in [1.54, 1.807) is 6.07 Å². The third kappa shape index (κ3) is 1.31. The fourth-order valence-electron chi connectivity index (χ4n) is 2.19. The summed E-state index contributed by atoms with van der Waals surface area (Å²) in [6.45, 7) is 1.83. The smallest absolute Gasteiger partial charge is 0.141 e. The van der Waals surface area contributed by atoms with Crippen LogP contribution >= 0.6 is 0 Å². The normalized spacial score (nSPS) is 27.7. The van der Waals surface area contributed by atoms with E-state index in [9.17, 15) is 5.11 Å². The molecule has 3 rings (SSSR count). The van der Waals surface area contributed by atoms with Crippen LogP contribution in [0.1, 0.15) is 12.0 Å². The third-order valence-corrected chi connectivity index (χ3v) is 3.06. The van der Waals surface area contributed by atoms with Gasteiger partial charge in [-0.3, -0.25) is 0 Å². The quantitative estimate of drug-likeness (QED) is 0.672. The summed E-state index contributed by atoms with van der Waals surface area (Å²) in [6, 6.07) is 5.39. The molecular weight excluding hydrogens is 190 g/mol. The van der Waals surface area contributed by atoms with Crippen LogP contribution in [-0.2, 0) is 0 Å². The number of nitrogens with one attached hydrogen (secondary N) is 1. The number of fused-ring (bicyclic) bond motifs is 1. The van der Waals surface area contributed by atoms with Gasteiger partial charge in [-0.25, -0.2) is 0 Å². The maximum Gasteiger partial charge on any atom is 0.141 e. The summed E-state index contributed by atoms with van der Waals surface area (Å²) in [5, 5.41) is 12.9. The summed E-state index contributed by atoms with van der Waals surface area (Å²) in [7, 11) is 0. The molecule has 1 unspecified atom stereocenters. The maximum atomic E-state index is 9.64. The summed E-state index contributed by atoms with van der Waals surface area (Å²) >= 11 is 0. The number of aromatic hydroxyl groups is 1. The van der Waals surface area contributed by atoms with Crippen molar-refractivity contribution in [2.45, 2.75) is 12.0 Å². The van der Waals surface area contributed by atoms with Gasteiger partial charge in [-0.05, 0) is 30.8 Å². The van der Waals surface area contributed by atoms with Crippen molar-refractivity contribution in [3.05, 3.63) is 29.8 Å². The standard InChI is InChI=1S/C12H13NO2/c14-10-2-1-3-11-9(10)4-5-12(15-11)6-7-13-8-12/h1-5,13-14H,6-8H2. The van der Waals surface area contributed by atoms with Crippen LogP contribution in [-0.4, -0.2) is 23.8 Å². The van der Waals surface area contributed by atoms with Crippen molar-refractivity contribution >= 4 is 6.08 Å². The molecule has 3 nitrogen and oxygen atoms in total. The lowest BCUT2D eigenvalue weighted by Gasteiger charge is -2.30. The van der Waals surface area contributed by atoms with Gasteiger partial charge in [0, 0.05) is 13.0 Å². The molecule has 0 aliphatic carbocycles. The molecule has 1 aromatic carbocycles. The van der Waals surface area contributed by atoms with Gasteiger partial charge >= 0.3 is 0 Å². The first-order valence-corrected chi connectivity index (χ1v) is 5.20. The lowest BCUT2D eigenvalue weighted by atomic mass is 9.97. The minimum atomic E-state index is -0.194. The van der Waals surface area contributed by atoms with Crippen LogP contribution in [0.15, 0.2) is 24.3 Å². The lowest BCUT2D eigenvalue weighted by Crippen LogP contribution is -2.37. The highest BCUT2D eigenvalue weighted by molar-refractivity contribution is 5.66. The van der Waals surface area contributed by atoms with Crippen LogP contribution in [0, 0.1) is 0 Å². The summed E-state index contributed by atoms with van der Waals surface area (Å²) < 4.78 is 5.95. The Bertz CT molecular complexity index is 420. The number of phenols is 1. The van der Waals surface area contributed by atoms with E-state index in [2.05, 4.69) is 11.4 Å². The van der Waals surface area contributed by atoms with Gasteiger partial charge in [0.05, 0.1) is 5.56 Å². The second-order valence-electron chi connectivity index (χ2n) is 4.12. The van der Waals surface area contributed by atoms with Crippen molar-refractivity contribution in [1.29, 1.82) is 0 Å². The summed E-state index contributed by atoms with van der Waals surface area (Å²) in [6.07, 6.45) is 4.99. The molecule has 0 amide bonds. The van der Waals surface area contributed by atoms with Gasteiger partial charge in [0.1, 0.15) is 17.1 Å². The summed E-state index contributed by atoms with van der Waals surface area (Å²) in [5.74, 6) is 1.06. The largest absolute Gasteiger partial charge is 0.507 e. The molecule has 15 heavy (non-hydrogen) atoms. The predicted molar refractivity (Wildman–Crippen MR) is 58.0 cm³/mol. The predicted octanol–water partition coefficient (Wildman–Crippen LogP) is 1.53. The number of hydrogen-bond acceptors (Lipinski definition) is 3. The van der Waals surface area contributed by atoms with Gasteiger partial charge in [0.2, 0.25) is 0 Å². The van der Waals surface area contributed by atoms with E-state index >= 15 is 0 Å². The van der Waals surface area contributed by atoms with E-state index in [1.165, 1.54) is 0 Å². The van der Waals surface area contributed by atoms with Crippen molar-refractivity contribution in [2.24, 2.45) is 0 Å². The Morgan fingerprint density at radius 2 is 2.33 bits per heavy atom. The molecule has 0 radical (unpaired) electrons. The fraction of sp³-hybridized carbons (Fsp3) is 0.333. The van der Waals surface area contributed by atoms with Gasteiger partial charge in [0.15, 0.2) is 0 Å². The Morgan fingerprint density at radius 1 is 1.40 bits per heavy atom. The fourth-order valence-corrected chi connectivity index (χ4v) is 2.19. The Balaban J connectivity index is 2.03. The Hall–Kier alpha value is -1.48. The molecule has 78 valence electrons. The Morgan fingerprint density at radius 3 is 3.13 bits per heavy atom. The van der Waals surface area contributed by atoms with Crippen molar-refractivity contribution in [3.63, 3.8) is 0 Å². The van der Waals surface area contributed by atoms with Crippen LogP contribution in [0.25, 0.3) is 6.08 Å². The zero-order valence-corrected chi connectivity index (χ0v) is 8.36. The molecule has 2 N–H and O–H groups in total. The maximum absolute atomic E-state index is 9.64. The van der Waals surface area contributed by atoms with E-state index in [0.29, 0.717) is 0 Å². The van der Waals surface area contributed by atoms with Crippen molar-refractivity contribution in [2.75, 3.05) is 13.1 Å². The van der Waals surface area contributed by atoms with Gasteiger partial charge in [-0.2, -0.15) is 0 Å². The van der Waals surface area contributed by atoms with Gasteiger partial charge in [-0.15, -0.1) is 0 Å². The highest BCUT2D eigenvalue weighted by atomic mass is 16.5. The molecular formula is C12H13NO2. The SMILES string of the molecule is Oc1cccc2c1C=CC1(CCNC1)O2. The molecule has 1 atom stereocenters. The second kappa shape index (κ2) is 3.00. The number of ether oxygens (including phenoxy) is 1. The van der Waals surface area contributed by atoms with Gasteiger partial charge in [-0.1, -0.05) is 6.07 Å². The molecule has 1 saturated heterocycles. The van der Waals surface area contributed by atoms with Gasteiger partial charge < -0.3 is 15.2 Å².